The van der Waals surface area contributed by atoms with Crippen molar-refractivity contribution in [3.8, 4) is 0 Å². The molecule has 0 aliphatic carbocycles. The molecule has 0 radical (unpaired) electrons. The maximum Gasteiger partial charge on any atom is 0.256 e. The maximum atomic E-state index is 13.8. The zero-order valence-electron chi connectivity index (χ0n) is 14.0. The fourth-order valence-corrected chi connectivity index (χ4v) is 3.02. The Morgan fingerprint density at radius 3 is 2.48 bits per heavy atom. The molecule has 1 fully saturated rings. The second-order valence-electron chi connectivity index (χ2n) is 6.16. The van der Waals surface area contributed by atoms with E-state index in [2.05, 4.69) is 10.3 Å². The molecule has 1 aromatic carbocycles. The highest BCUT2D eigenvalue weighted by atomic mass is 19.1. The third-order valence-electron chi connectivity index (χ3n) is 4.47. The highest BCUT2D eigenvalue weighted by Gasteiger charge is 2.26. The van der Waals surface area contributed by atoms with Crippen molar-refractivity contribution in [3.05, 3.63) is 65.2 Å². The van der Waals surface area contributed by atoms with E-state index in [-0.39, 0.29) is 23.4 Å². The van der Waals surface area contributed by atoms with Crippen molar-refractivity contribution in [1.82, 2.24) is 15.2 Å². The van der Waals surface area contributed by atoms with E-state index in [9.17, 15) is 14.0 Å². The Morgan fingerprint density at radius 1 is 1.12 bits per heavy atom. The lowest BCUT2D eigenvalue weighted by Crippen LogP contribution is -2.46. The molecule has 1 N–H and O–H groups in total. The van der Waals surface area contributed by atoms with Crippen LogP contribution in [0.4, 0.5) is 4.39 Å². The molecule has 0 atom stereocenters. The van der Waals surface area contributed by atoms with E-state index in [1.54, 1.807) is 42.3 Å². The molecule has 0 saturated carbocycles. The van der Waals surface area contributed by atoms with Crippen molar-refractivity contribution in [2.24, 2.45) is 0 Å². The lowest BCUT2D eigenvalue weighted by molar-refractivity contribution is 0.0693. The highest BCUT2D eigenvalue weighted by Crippen LogP contribution is 2.16. The Labute approximate surface area is 145 Å². The Balaban J connectivity index is 1.57. The molecule has 2 amide bonds. The predicted octanol–water partition coefficient (Wildman–Crippen LogP) is 2.56. The third kappa shape index (κ3) is 3.84. The van der Waals surface area contributed by atoms with Crippen LogP contribution in [0.25, 0.3) is 0 Å². The number of aromatic nitrogens is 1. The minimum Gasteiger partial charge on any atom is -0.349 e. The molecule has 0 unspecified atom stereocenters. The van der Waals surface area contributed by atoms with Crippen LogP contribution in [0, 0.1) is 12.7 Å². The number of carbonyl (C=O) groups is 2. The van der Waals surface area contributed by atoms with Crippen LogP contribution in [0.1, 0.15) is 39.3 Å². The Bertz CT molecular complexity index is 786. The summed E-state index contributed by atoms with van der Waals surface area (Å²) in [6.07, 6.45) is 2.94. The Hall–Kier alpha value is -2.76. The van der Waals surface area contributed by atoms with E-state index in [0.29, 0.717) is 37.2 Å². The third-order valence-corrected chi connectivity index (χ3v) is 4.47. The molecule has 1 aliphatic rings. The van der Waals surface area contributed by atoms with Crippen LogP contribution in [0.5, 0.6) is 0 Å². The standard InChI is InChI=1S/C19H20FN3O2/c1-13-15(6-4-10-21-13)18(24)22-14-8-11-23(12-9-14)19(25)16-5-2-3-7-17(16)20/h2-7,10,14H,8-9,11-12H2,1H3,(H,22,24). The van der Waals surface area contributed by atoms with Gasteiger partial charge >= 0.3 is 0 Å². The number of hydrogen-bond donors (Lipinski definition) is 1. The topological polar surface area (TPSA) is 62.3 Å². The van der Waals surface area contributed by atoms with Crippen LogP contribution in [0.3, 0.4) is 0 Å². The summed E-state index contributed by atoms with van der Waals surface area (Å²) in [6, 6.07) is 9.48. The van der Waals surface area contributed by atoms with Gasteiger partial charge in [0, 0.05) is 31.0 Å². The zero-order chi connectivity index (χ0) is 17.8. The van der Waals surface area contributed by atoms with Gasteiger partial charge in [0.15, 0.2) is 0 Å². The van der Waals surface area contributed by atoms with E-state index in [1.807, 2.05) is 0 Å². The van der Waals surface area contributed by atoms with Crippen LogP contribution in [0.2, 0.25) is 0 Å². The molecule has 0 spiro atoms. The molecule has 6 heteroatoms. The first-order chi connectivity index (χ1) is 12.1. The summed E-state index contributed by atoms with van der Waals surface area (Å²) in [7, 11) is 0. The van der Waals surface area contributed by atoms with E-state index in [1.165, 1.54) is 12.1 Å². The molecule has 0 bridgehead atoms. The monoisotopic (exact) mass is 341 g/mol. The first-order valence-electron chi connectivity index (χ1n) is 8.32. The van der Waals surface area contributed by atoms with Gasteiger partial charge in [0.2, 0.25) is 0 Å². The summed E-state index contributed by atoms with van der Waals surface area (Å²) in [5.74, 6) is -0.953. The first-order valence-corrected chi connectivity index (χ1v) is 8.32. The van der Waals surface area contributed by atoms with Crippen molar-refractivity contribution in [1.29, 1.82) is 0 Å². The molecule has 1 aromatic heterocycles. The Morgan fingerprint density at radius 2 is 1.80 bits per heavy atom. The molecule has 2 aromatic rings. The van der Waals surface area contributed by atoms with Crippen molar-refractivity contribution >= 4 is 11.8 Å². The number of amides is 2. The Kier molecular flexibility index (Phi) is 5.07. The summed E-state index contributed by atoms with van der Waals surface area (Å²) in [4.78, 5) is 30.5. The lowest BCUT2D eigenvalue weighted by atomic mass is 10.0. The van der Waals surface area contributed by atoms with Crippen molar-refractivity contribution in [3.63, 3.8) is 0 Å². The van der Waals surface area contributed by atoms with Crippen molar-refractivity contribution in [2.45, 2.75) is 25.8 Å². The van der Waals surface area contributed by atoms with E-state index < -0.39 is 5.82 Å². The van der Waals surface area contributed by atoms with Crippen molar-refractivity contribution in [2.75, 3.05) is 13.1 Å². The minimum atomic E-state index is -0.505. The summed E-state index contributed by atoms with van der Waals surface area (Å²) >= 11 is 0. The number of pyridine rings is 1. The van der Waals surface area contributed by atoms with E-state index >= 15 is 0 Å². The molecule has 25 heavy (non-hydrogen) atoms. The van der Waals surface area contributed by atoms with Gasteiger partial charge in [-0.05, 0) is 44.0 Å². The molecule has 1 saturated heterocycles. The number of likely N-dealkylation sites (tertiary alicyclic amines) is 1. The number of aryl methyl sites for hydroxylation is 1. The van der Waals surface area contributed by atoms with Gasteiger partial charge in [-0.3, -0.25) is 14.6 Å². The summed E-state index contributed by atoms with van der Waals surface area (Å²) in [5, 5.41) is 3.00. The average molecular weight is 341 g/mol. The van der Waals surface area contributed by atoms with Gasteiger partial charge in [-0.15, -0.1) is 0 Å². The molecule has 130 valence electrons. The van der Waals surface area contributed by atoms with E-state index in [0.717, 1.165) is 0 Å². The number of benzene rings is 1. The molecule has 5 nitrogen and oxygen atoms in total. The van der Waals surface area contributed by atoms with Gasteiger partial charge in [-0.25, -0.2) is 4.39 Å². The second kappa shape index (κ2) is 7.42. The van der Waals surface area contributed by atoms with Crippen LogP contribution >= 0.6 is 0 Å². The van der Waals surface area contributed by atoms with E-state index in [4.69, 9.17) is 0 Å². The summed E-state index contributed by atoms with van der Waals surface area (Å²) < 4.78 is 13.8. The maximum absolute atomic E-state index is 13.8. The molecular formula is C19H20FN3O2. The molecular weight excluding hydrogens is 321 g/mol. The van der Waals surface area contributed by atoms with Gasteiger partial charge in [-0.1, -0.05) is 12.1 Å². The van der Waals surface area contributed by atoms with Gasteiger partial charge in [0.05, 0.1) is 11.1 Å². The summed E-state index contributed by atoms with van der Waals surface area (Å²) in [5.41, 5.74) is 1.34. The van der Waals surface area contributed by atoms with Gasteiger partial charge in [0.1, 0.15) is 5.82 Å². The lowest BCUT2D eigenvalue weighted by Gasteiger charge is -2.32. The van der Waals surface area contributed by atoms with Crippen LogP contribution in [0.15, 0.2) is 42.6 Å². The first kappa shape index (κ1) is 17.1. The zero-order valence-corrected chi connectivity index (χ0v) is 14.0. The fourth-order valence-electron chi connectivity index (χ4n) is 3.02. The SMILES string of the molecule is Cc1ncccc1C(=O)NC1CCN(C(=O)c2ccccc2F)CC1. The highest BCUT2D eigenvalue weighted by molar-refractivity contribution is 5.95. The fraction of sp³-hybridized carbons (Fsp3) is 0.316. The average Bonchev–Trinajstić information content (AvgIpc) is 2.62. The number of hydrogen-bond acceptors (Lipinski definition) is 3. The number of piperidine rings is 1. The van der Waals surface area contributed by atoms with Crippen LogP contribution in [-0.2, 0) is 0 Å². The smallest absolute Gasteiger partial charge is 0.256 e. The van der Waals surface area contributed by atoms with Crippen LogP contribution < -0.4 is 5.32 Å². The van der Waals surface area contributed by atoms with Crippen molar-refractivity contribution < 1.29 is 14.0 Å². The number of nitrogens with zero attached hydrogens (tertiary/aromatic N) is 2. The quantitative estimate of drug-likeness (QED) is 0.933. The predicted molar refractivity (Wildman–Crippen MR) is 91.8 cm³/mol. The number of carbonyl (C=O) groups excluding carboxylic acids is 2. The molecule has 2 heterocycles. The van der Waals surface area contributed by atoms with Crippen LogP contribution in [-0.4, -0.2) is 40.8 Å². The molecule has 1 aliphatic heterocycles. The van der Waals surface area contributed by atoms with Gasteiger partial charge in [0.25, 0.3) is 11.8 Å². The largest absolute Gasteiger partial charge is 0.349 e. The molecule has 3 rings (SSSR count). The second-order valence-corrected chi connectivity index (χ2v) is 6.16. The number of rotatable bonds is 3. The number of nitrogens with one attached hydrogen (secondary N) is 1. The minimum absolute atomic E-state index is 0.00298. The summed E-state index contributed by atoms with van der Waals surface area (Å²) in [6.45, 7) is 2.78. The van der Waals surface area contributed by atoms with Gasteiger partial charge < -0.3 is 10.2 Å². The normalized spacial score (nSPS) is 15.0. The number of halogens is 1. The van der Waals surface area contributed by atoms with Gasteiger partial charge in [-0.2, -0.15) is 0 Å².